The van der Waals surface area contributed by atoms with Gasteiger partial charge in [0.05, 0.1) is 0 Å². The number of fused-ring (bicyclic) bond motifs is 1. The topological polar surface area (TPSA) is 44.4 Å². The first-order valence-electron chi connectivity index (χ1n) is 7.06. The Morgan fingerprint density at radius 3 is 2.95 bits per heavy atom. The maximum absolute atomic E-state index is 12.1. The van der Waals surface area contributed by atoms with Crippen molar-refractivity contribution in [3.05, 3.63) is 29.8 Å². The van der Waals surface area contributed by atoms with Gasteiger partial charge in [-0.15, -0.1) is 0 Å². The third-order valence-corrected chi connectivity index (χ3v) is 4.02. The van der Waals surface area contributed by atoms with E-state index in [0.717, 1.165) is 31.2 Å². The summed E-state index contributed by atoms with van der Waals surface area (Å²) in [6, 6.07) is 8.77. The highest BCUT2D eigenvalue weighted by Crippen LogP contribution is 2.25. The number of hydrogen-bond acceptors (Lipinski definition) is 3. The molecule has 0 radical (unpaired) electrons. The zero-order chi connectivity index (χ0) is 13.2. The van der Waals surface area contributed by atoms with Gasteiger partial charge in [0.2, 0.25) is 5.91 Å². The van der Waals surface area contributed by atoms with Gasteiger partial charge in [-0.2, -0.15) is 0 Å². The van der Waals surface area contributed by atoms with Crippen LogP contribution in [0.2, 0.25) is 0 Å². The van der Waals surface area contributed by atoms with Gasteiger partial charge in [0.15, 0.2) is 0 Å². The van der Waals surface area contributed by atoms with Crippen LogP contribution in [-0.2, 0) is 11.2 Å². The molecule has 1 aromatic rings. The molecule has 1 amide bonds. The molecule has 0 bridgehead atoms. The van der Waals surface area contributed by atoms with Gasteiger partial charge in [-0.25, -0.2) is 0 Å². The lowest BCUT2D eigenvalue weighted by atomic mass is 10.1. The van der Waals surface area contributed by atoms with E-state index in [1.807, 2.05) is 18.2 Å². The van der Waals surface area contributed by atoms with E-state index in [-0.39, 0.29) is 11.9 Å². The molecule has 4 nitrogen and oxygen atoms in total. The molecule has 0 unspecified atom stereocenters. The molecule has 2 aliphatic rings. The molecule has 1 saturated carbocycles. The van der Waals surface area contributed by atoms with Crippen molar-refractivity contribution in [2.24, 2.45) is 0 Å². The van der Waals surface area contributed by atoms with Crippen molar-refractivity contribution < 1.29 is 4.79 Å². The van der Waals surface area contributed by atoms with Gasteiger partial charge in [-0.05, 0) is 31.5 Å². The van der Waals surface area contributed by atoms with Gasteiger partial charge in [0.1, 0.15) is 6.04 Å². The second-order valence-corrected chi connectivity index (χ2v) is 5.56. The number of hydrogen-bond donors (Lipinski definition) is 2. The summed E-state index contributed by atoms with van der Waals surface area (Å²) in [5.74, 6) is 0.111. The van der Waals surface area contributed by atoms with Crippen molar-refractivity contribution in [3.8, 4) is 0 Å². The predicted molar refractivity (Wildman–Crippen MR) is 76.2 cm³/mol. The quantitative estimate of drug-likeness (QED) is 0.836. The smallest absolute Gasteiger partial charge is 0.242 e. The molecule has 2 N–H and O–H groups in total. The lowest BCUT2D eigenvalue weighted by Crippen LogP contribution is -2.41. The van der Waals surface area contributed by atoms with Gasteiger partial charge in [0.25, 0.3) is 0 Å². The largest absolute Gasteiger partial charge is 0.373 e. The van der Waals surface area contributed by atoms with Gasteiger partial charge in [0, 0.05) is 31.2 Å². The van der Waals surface area contributed by atoms with Crippen LogP contribution in [0.15, 0.2) is 24.3 Å². The van der Waals surface area contributed by atoms with E-state index in [1.54, 1.807) is 0 Å². The molecule has 0 saturated heterocycles. The second-order valence-electron chi connectivity index (χ2n) is 5.56. The Hall–Kier alpha value is -1.55. The first-order chi connectivity index (χ1) is 9.24. The summed E-state index contributed by atoms with van der Waals surface area (Å²) in [6.45, 7) is 1.68. The van der Waals surface area contributed by atoms with E-state index >= 15 is 0 Å². The molecule has 19 heavy (non-hydrogen) atoms. The molecule has 1 atom stereocenters. The van der Waals surface area contributed by atoms with Crippen LogP contribution >= 0.6 is 0 Å². The van der Waals surface area contributed by atoms with Crippen molar-refractivity contribution in [2.45, 2.75) is 31.3 Å². The number of benzene rings is 1. The number of para-hydroxylation sites is 1. The predicted octanol–water partition coefficient (Wildman–Crippen LogP) is 1.23. The summed E-state index contributed by atoms with van der Waals surface area (Å²) in [5.41, 5.74) is 2.33. The number of nitrogens with one attached hydrogen (secondary N) is 2. The minimum Gasteiger partial charge on any atom is -0.373 e. The first kappa shape index (κ1) is 12.5. The molecule has 102 valence electrons. The SMILES string of the molecule is CN(CCNC(=O)[C@@H]1Cc2ccccc2N1)C1CC1. The second kappa shape index (κ2) is 5.21. The van der Waals surface area contributed by atoms with Crippen molar-refractivity contribution in [3.63, 3.8) is 0 Å². The summed E-state index contributed by atoms with van der Waals surface area (Å²) in [5, 5.41) is 6.31. The average Bonchev–Trinajstić information content (AvgIpc) is 3.17. The van der Waals surface area contributed by atoms with Crippen LogP contribution in [0.4, 0.5) is 5.69 Å². The summed E-state index contributed by atoms with van der Waals surface area (Å²) < 4.78 is 0. The lowest BCUT2D eigenvalue weighted by Gasteiger charge is -2.17. The number of carbonyl (C=O) groups is 1. The van der Waals surface area contributed by atoms with Crippen molar-refractivity contribution in [1.82, 2.24) is 10.2 Å². The van der Waals surface area contributed by atoms with Crippen LogP contribution in [0.5, 0.6) is 0 Å². The Morgan fingerprint density at radius 1 is 1.42 bits per heavy atom. The Labute approximate surface area is 114 Å². The first-order valence-corrected chi connectivity index (χ1v) is 7.06. The van der Waals surface area contributed by atoms with Crippen LogP contribution in [0, 0.1) is 0 Å². The standard InChI is InChI=1S/C15H21N3O/c1-18(12-6-7-12)9-8-16-15(19)14-10-11-4-2-3-5-13(11)17-14/h2-5,12,14,17H,6-10H2,1H3,(H,16,19)/t14-/m0/s1. The van der Waals surface area contributed by atoms with Gasteiger partial charge in [-0.3, -0.25) is 4.79 Å². The van der Waals surface area contributed by atoms with Crippen molar-refractivity contribution >= 4 is 11.6 Å². The number of likely N-dealkylation sites (N-methyl/N-ethyl adjacent to an activating group) is 1. The van der Waals surface area contributed by atoms with Crippen LogP contribution in [0.1, 0.15) is 18.4 Å². The fourth-order valence-electron chi connectivity index (χ4n) is 2.63. The number of rotatable bonds is 5. The van der Waals surface area contributed by atoms with E-state index in [0.29, 0.717) is 0 Å². The Balaban J connectivity index is 1.44. The highest BCUT2D eigenvalue weighted by molar-refractivity contribution is 5.87. The minimum absolute atomic E-state index is 0.108. The minimum atomic E-state index is -0.108. The number of nitrogens with zero attached hydrogens (tertiary/aromatic N) is 1. The van der Waals surface area contributed by atoms with Crippen LogP contribution in [0.25, 0.3) is 0 Å². The zero-order valence-corrected chi connectivity index (χ0v) is 11.4. The van der Waals surface area contributed by atoms with E-state index in [4.69, 9.17) is 0 Å². The maximum atomic E-state index is 12.1. The van der Waals surface area contributed by atoms with Crippen molar-refractivity contribution in [1.29, 1.82) is 0 Å². The number of carbonyl (C=O) groups excluding carboxylic acids is 1. The molecular weight excluding hydrogens is 238 g/mol. The third-order valence-electron chi connectivity index (χ3n) is 4.02. The molecule has 4 heteroatoms. The molecular formula is C15H21N3O. The maximum Gasteiger partial charge on any atom is 0.242 e. The molecule has 1 aliphatic heterocycles. The lowest BCUT2D eigenvalue weighted by molar-refractivity contribution is -0.121. The van der Waals surface area contributed by atoms with E-state index in [9.17, 15) is 4.79 Å². The molecule has 1 aliphatic carbocycles. The van der Waals surface area contributed by atoms with Gasteiger partial charge in [-0.1, -0.05) is 18.2 Å². The summed E-state index contributed by atoms with van der Waals surface area (Å²) >= 11 is 0. The van der Waals surface area contributed by atoms with Gasteiger partial charge < -0.3 is 15.5 Å². The van der Waals surface area contributed by atoms with Crippen LogP contribution < -0.4 is 10.6 Å². The fourth-order valence-corrected chi connectivity index (χ4v) is 2.63. The molecule has 1 heterocycles. The molecule has 3 rings (SSSR count). The number of anilines is 1. The van der Waals surface area contributed by atoms with Crippen molar-refractivity contribution in [2.75, 3.05) is 25.5 Å². The fraction of sp³-hybridized carbons (Fsp3) is 0.533. The average molecular weight is 259 g/mol. The summed E-state index contributed by atoms with van der Waals surface area (Å²) in [6.07, 6.45) is 3.41. The molecule has 1 fully saturated rings. The summed E-state index contributed by atoms with van der Waals surface area (Å²) in [4.78, 5) is 14.4. The molecule has 1 aromatic carbocycles. The van der Waals surface area contributed by atoms with Crippen LogP contribution in [0.3, 0.4) is 0 Å². The highest BCUT2D eigenvalue weighted by atomic mass is 16.2. The van der Waals surface area contributed by atoms with E-state index < -0.39 is 0 Å². The Bertz CT molecular complexity index is 445. The van der Waals surface area contributed by atoms with E-state index in [2.05, 4.69) is 28.6 Å². The molecule has 0 aromatic heterocycles. The Morgan fingerprint density at radius 2 is 2.21 bits per heavy atom. The zero-order valence-electron chi connectivity index (χ0n) is 11.4. The monoisotopic (exact) mass is 259 g/mol. The normalized spacial score (nSPS) is 21.1. The Kier molecular flexibility index (Phi) is 3.42. The third kappa shape index (κ3) is 2.89. The summed E-state index contributed by atoms with van der Waals surface area (Å²) in [7, 11) is 2.13. The van der Waals surface area contributed by atoms with Crippen LogP contribution in [-0.4, -0.2) is 43.0 Å². The van der Waals surface area contributed by atoms with E-state index in [1.165, 1.54) is 18.4 Å². The number of amides is 1. The highest BCUT2D eigenvalue weighted by Gasteiger charge is 2.27. The van der Waals surface area contributed by atoms with Gasteiger partial charge >= 0.3 is 0 Å². The molecule has 0 spiro atoms.